The fourth-order valence-electron chi connectivity index (χ4n) is 3.65. The maximum absolute atomic E-state index is 12.2. The highest BCUT2D eigenvalue weighted by Gasteiger charge is 2.13. The summed E-state index contributed by atoms with van der Waals surface area (Å²) in [6.45, 7) is 6.00. The summed E-state index contributed by atoms with van der Waals surface area (Å²) in [5, 5.41) is 8.12. The molecule has 1 saturated heterocycles. The minimum absolute atomic E-state index is 0.193. The second-order valence-electron chi connectivity index (χ2n) is 7.77. The molecule has 0 atom stereocenters. The van der Waals surface area contributed by atoms with Gasteiger partial charge in [-0.2, -0.15) is 0 Å². The Morgan fingerprint density at radius 3 is 2.31 bits per heavy atom. The van der Waals surface area contributed by atoms with Gasteiger partial charge in [-0.15, -0.1) is 0 Å². The smallest absolute Gasteiger partial charge is 0.319 e. The van der Waals surface area contributed by atoms with Crippen LogP contribution in [-0.4, -0.2) is 49.1 Å². The highest BCUT2D eigenvalue weighted by atomic mass is 16.2. The van der Waals surface area contributed by atoms with E-state index in [0.29, 0.717) is 6.54 Å². The van der Waals surface area contributed by atoms with Gasteiger partial charge in [0.05, 0.1) is 0 Å². The first-order valence-corrected chi connectivity index (χ1v) is 10.2. The number of hydrogen-bond acceptors (Lipinski definition) is 3. The Bertz CT molecular complexity index is 962. The first kappa shape index (κ1) is 19.4. The number of rotatable bonds is 5. The zero-order chi connectivity index (χ0) is 20.1. The second-order valence-corrected chi connectivity index (χ2v) is 7.77. The van der Waals surface area contributed by atoms with Crippen LogP contribution in [0.5, 0.6) is 0 Å². The molecule has 1 aliphatic heterocycles. The molecule has 2 N–H and O–H groups in total. The number of anilines is 1. The maximum atomic E-state index is 12.2. The van der Waals surface area contributed by atoms with Gasteiger partial charge in [0.1, 0.15) is 0 Å². The van der Waals surface area contributed by atoms with Crippen molar-refractivity contribution >= 4 is 22.5 Å². The fourth-order valence-corrected chi connectivity index (χ4v) is 3.65. The molecule has 0 spiro atoms. The molecule has 2 amide bonds. The number of benzene rings is 3. The molecule has 4 rings (SSSR count). The van der Waals surface area contributed by atoms with Crippen LogP contribution in [0.15, 0.2) is 66.7 Å². The van der Waals surface area contributed by atoms with Crippen LogP contribution >= 0.6 is 0 Å². The van der Waals surface area contributed by atoms with E-state index in [1.165, 1.54) is 5.56 Å². The number of nitrogens with one attached hydrogen (secondary N) is 2. The number of carbonyl (C=O) groups is 1. The SMILES string of the molecule is CN1CCN(Cc2ccc(CNC(=O)Nc3ccc4ccccc4c3)cc2)CC1. The fraction of sp³-hybridized carbons (Fsp3) is 0.292. The van der Waals surface area contributed by atoms with Crippen molar-refractivity contribution in [1.29, 1.82) is 0 Å². The van der Waals surface area contributed by atoms with Gasteiger partial charge in [-0.25, -0.2) is 4.79 Å². The van der Waals surface area contributed by atoms with Crippen molar-refractivity contribution in [2.45, 2.75) is 13.1 Å². The van der Waals surface area contributed by atoms with Gasteiger partial charge in [-0.1, -0.05) is 54.6 Å². The topological polar surface area (TPSA) is 47.6 Å². The summed E-state index contributed by atoms with van der Waals surface area (Å²) in [6, 6.07) is 22.4. The maximum Gasteiger partial charge on any atom is 0.319 e. The van der Waals surface area contributed by atoms with E-state index in [-0.39, 0.29) is 6.03 Å². The number of carbonyl (C=O) groups excluding carboxylic acids is 1. The normalized spacial score (nSPS) is 15.3. The molecule has 3 aromatic carbocycles. The minimum atomic E-state index is -0.193. The molecule has 0 bridgehead atoms. The van der Waals surface area contributed by atoms with Gasteiger partial charge < -0.3 is 15.5 Å². The quantitative estimate of drug-likeness (QED) is 0.697. The molecule has 0 radical (unpaired) electrons. The van der Waals surface area contributed by atoms with Crippen LogP contribution < -0.4 is 10.6 Å². The molecule has 5 heteroatoms. The van der Waals surface area contributed by atoms with E-state index in [9.17, 15) is 4.79 Å². The number of fused-ring (bicyclic) bond motifs is 1. The highest BCUT2D eigenvalue weighted by molar-refractivity contribution is 5.93. The lowest BCUT2D eigenvalue weighted by molar-refractivity contribution is 0.148. The van der Waals surface area contributed by atoms with E-state index < -0.39 is 0 Å². The number of amides is 2. The van der Waals surface area contributed by atoms with Gasteiger partial charge in [0.2, 0.25) is 0 Å². The Morgan fingerprint density at radius 1 is 0.862 bits per heavy atom. The third-order valence-corrected chi connectivity index (χ3v) is 5.49. The first-order valence-electron chi connectivity index (χ1n) is 10.2. The molecule has 0 aromatic heterocycles. The third kappa shape index (κ3) is 5.34. The first-order chi connectivity index (χ1) is 14.2. The van der Waals surface area contributed by atoms with Crippen LogP contribution in [0.2, 0.25) is 0 Å². The van der Waals surface area contributed by atoms with E-state index in [1.54, 1.807) is 0 Å². The van der Waals surface area contributed by atoms with Gasteiger partial charge in [0.15, 0.2) is 0 Å². The van der Waals surface area contributed by atoms with Crippen molar-refractivity contribution in [2.75, 3.05) is 38.5 Å². The predicted molar refractivity (Wildman–Crippen MR) is 119 cm³/mol. The summed E-state index contributed by atoms with van der Waals surface area (Å²) in [7, 11) is 2.18. The van der Waals surface area contributed by atoms with Crippen LogP contribution in [0.25, 0.3) is 10.8 Å². The summed E-state index contributed by atoms with van der Waals surface area (Å²) in [6.07, 6.45) is 0. The highest BCUT2D eigenvalue weighted by Crippen LogP contribution is 2.18. The zero-order valence-corrected chi connectivity index (χ0v) is 16.9. The van der Waals surface area contributed by atoms with Crippen LogP contribution in [0.4, 0.5) is 10.5 Å². The number of nitrogens with zero attached hydrogens (tertiary/aromatic N) is 2. The molecular formula is C24H28N4O. The lowest BCUT2D eigenvalue weighted by Gasteiger charge is -2.32. The molecule has 1 fully saturated rings. The van der Waals surface area contributed by atoms with E-state index in [2.05, 4.69) is 57.8 Å². The number of hydrogen-bond donors (Lipinski definition) is 2. The van der Waals surface area contributed by atoms with Crippen molar-refractivity contribution < 1.29 is 4.79 Å². The summed E-state index contributed by atoms with van der Waals surface area (Å²) in [4.78, 5) is 17.1. The number of likely N-dealkylation sites (N-methyl/N-ethyl adjacent to an activating group) is 1. The van der Waals surface area contributed by atoms with Gasteiger partial charge in [-0.3, -0.25) is 4.90 Å². The Hall–Kier alpha value is -2.89. The second kappa shape index (κ2) is 9.07. The third-order valence-electron chi connectivity index (χ3n) is 5.49. The van der Waals surface area contributed by atoms with E-state index in [4.69, 9.17) is 0 Å². The molecular weight excluding hydrogens is 360 g/mol. The average Bonchev–Trinajstić information content (AvgIpc) is 2.75. The molecule has 3 aromatic rings. The largest absolute Gasteiger partial charge is 0.334 e. The standard InChI is InChI=1S/C24H28N4O/c1-27-12-14-28(15-13-27)18-20-8-6-19(7-9-20)17-25-24(29)26-23-11-10-21-4-2-3-5-22(21)16-23/h2-11,16H,12-15,17-18H2,1H3,(H2,25,26,29). The van der Waals surface area contributed by atoms with Crippen LogP contribution in [0.1, 0.15) is 11.1 Å². The zero-order valence-electron chi connectivity index (χ0n) is 16.9. The summed E-state index contributed by atoms with van der Waals surface area (Å²) < 4.78 is 0. The summed E-state index contributed by atoms with van der Waals surface area (Å²) >= 11 is 0. The number of urea groups is 1. The summed E-state index contributed by atoms with van der Waals surface area (Å²) in [5.41, 5.74) is 3.21. The van der Waals surface area contributed by atoms with Gasteiger partial charge >= 0.3 is 6.03 Å². The summed E-state index contributed by atoms with van der Waals surface area (Å²) in [5.74, 6) is 0. The molecule has 5 nitrogen and oxygen atoms in total. The Balaban J connectivity index is 1.26. The van der Waals surface area contributed by atoms with Crippen molar-refractivity contribution in [3.63, 3.8) is 0 Å². The molecule has 0 saturated carbocycles. The van der Waals surface area contributed by atoms with Gasteiger partial charge in [0, 0.05) is 45.0 Å². The van der Waals surface area contributed by atoms with Crippen LogP contribution in [0, 0.1) is 0 Å². The molecule has 1 heterocycles. The Kier molecular flexibility index (Phi) is 6.08. The molecule has 0 aliphatic carbocycles. The molecule has 29 heavy (non-hydrogen) atoms. The van der Waals surface area contributed by atoms with Gasteiger partial charge in [-0.05, 0) is 41.1 Å². The Morgan fingerprint density at radius 2 is 1.55 bits per heavy atom. The Labute approximate surface area is 172 Å². The van der Waals surface area contributed by atoms with Crippen molar-refractivity contribution in [2.24, 2.45) is 0 Å². The lowest BCUT2D eigenvalue weighted by atomic mass is 10.1. The van der Waals surface area contributed by atoms with E-state index >= 15 is 0 Å². The van der Waals surface area contributed by atoms with Crippen LogP contribution in [0.3, 0.4) is 0 Å². The van der Waals surface area contributed by atoms with Crippen molar-refractivity contribution in [1.82, 2.24) is 15.1 Å². The molecule has 1 aliphatic rings. The van der Waals surface area contributed by atoms with Crippen molar-refractivity contribution in [3.8, 4) is 0 Å². The predicted octanol–water partition coefficient (Wildman–Crippen LogP) is 3.91. The average molecular weight is 389 g/mol. The van der Waals surface area contributed by atoms with Gasteiger partial charge in [0.25, 0.3) is 0 Å². The minimum Gasteiger partial charge on any atom is -0.334 e. The van der Waals surface area contributed by atoms with E-state index in [1.807, 2.05) is 36.4 Å². The van der Waals surface area contributed by atoms with E-state index in [0.717, 1.165) is 54.7 Å². The molecule has 0 unspecified atom stereocenters. The number of piperazine rings is 1. The van der Waals surface area contributed by atoms with Crippen LogP contribution in [-0.2, 0) is 13.1 Å². The lowest BCUT2D eigenvalue weighted by Crippen LogP contribution is -2.43. The van der Waals surface area contributed by atoms with Crippen molar-refractivity contribution in [3.05, 3.63) is 77.9 Å². The molecule has 150 valence electrons. The monoisotopic (exact) mass is 388 g/mol.